The Hall–Kier alpha value is -1.94. The minimum atomic E-state index is -0.584. The van der Waals surface area contributed by atoms with Crippen LogP contribution in [0, 0.1) is 0 Å². The maximum absolute atomic E-state index is 10.4. The maximum atomic E-state index is 10.4. The number of methoxy groups -OCH3 is 1. The fourth-order valence-corrected chi connectivity index (χ4v) is 3.11. The molecule has 2 unspecified atom stereocenters. The number of fused-ring (bicyclic) bond motifs is 1. The number of nitrogens with zero attached hydrogens (tertiary/aromatic N) is 2. The summed E-state index contributed by atoms with van der Waals surface area (Å²) in [6, 6.07) is 12.1. The summed E-state index contributed by atoms with van der Waals surface area (Å²) in [5.74, 6) is 0.864. The summed E-state index contributed by atoms with van der Waals surface area (Å²) in [4.78, 5) is 0. The van der Waals surface area contributed by atoms with Crippen LogP contribution in [0.3, 0.4) is 0 Å². The standard InChI is InChI=1S/C17H20N2O2/c1-21-17-10-9-15(18-19-17)16(20)11-13-7-4-6-12-5-2-3-8-14(12)13/h2-3,5,8-10,13,16,20H,4,6-7,11H2,1H3. The van der Waals surface area contributed by atoms with Crippen molar-refractivity contribution in [3.8, 4) is 5.88 Å². The van der Waals surface area contributed by atoms with Gasteiger partial charge in [-0.25, -0.2) is 0 Å². The molecule has 3 rings (SSSR count). The molecule has 2 atom stereocenters. The van der Waals surface area contributed by atoms with E-state index in [1.807, 2.05) is 0 Å². The highest BCUT2D eigenvalue weighted by Gasteiger charge is 2.23. The van der Waals surface area contributed by atoms with Gasteiger partial charge in [0, 0.05) is 6.07 Å². The number of aliphatic hydroxyl groups excluding tert-OH is 1. The molecule has 0 spiro atoms. The first-order valence-electron chi connectivity index (χ1n) is 7.41. The van der Waals surface area contributed by atoms with Crippen molar-refractivity contribution in [2.45, 2.75) is 37.7 Å². The van der Waals surface area contributed by atoms with Crippen molar-refractivity contribution in [3.05, 3.63) is 53.2 Å². The van der Waals surface area contributed by atoms with Crippen LogP contribution in [0.5, 0.6) is 5.88 Å². The maximum Gasteiger partial charge on any atom is 0.233 e. The monoisotopic (exact) mass is 284 g/mol. The summed E-state index contributed by atoms with van der Waals surface area (Å²) >= 11 is 0. The summed E-state index contributed by atoms with van der Waals surface area (Å²) < 4.78 is 4.99. The molecule has 0 fully saturated rings. The zero-order valence-corrected chi connectivity index (χ0v) is 12.2. The lowest BCUT2D eigenvalue weighted by Crippen LogP contribution is -2.14. The Balaban J connectivity index is 1.74. The summed E-state index contributed by atoms with van der Waals surface area (Å²) in [5.41, 5.74) is 3.41. The Labute approximate surface area is 124 Å². The van der Waals surface area contributed by atoms with Gasteiger partial charge in [0.25, 0.3) is 0 Å². The predicted octanol–water partition coefficient (Wildman–Crippen LogP) is 3.03. The summed E-state index contributed by atoms with van der Waals surface area (Å²) in [6.07, 6.45) is 3.56. The van der Waals surface area contributed by atoms with E-state index in [1.165, 1.54) is 17.5 Å². The number of aryl methyl sites for hydroxylation is 1. The Morgan fingerprint density at radius 1 is 1.24 bits per heavy atom. The highest BCUT2D eigenvalue weighted by Crippen LogP contribution is 2.37. The third kappa shape index (κ3) is 3.05. The Bertz CT molecular complexity index is 598. The van der Waals surface area contributed by atoms with Gasteiger partial charge in [0.05, 0.1) is 18.9 Å². The van der Waals surface area contributed by atoms with Crippen molar-refractivity contribution >= 4 is 0 Å². The molecular formula is C17H20N2O2. The molecular weight excluding hydrogens is 264 g/mol. The van der Waals surface area contributed by atoms with Gasteiger partial charge in [-0.05, 0) is 48.8 Å². The fourth-order valence-electron chi connectivity index (χ4n) is 3.11. The van der Waals surface area contributed by atoms with Gasteiger partial charge < -0.3 is 9.84 Å². The number of aliphatic hydroxyl groups is 1. The largest absolute Gasteiger partial charge is 0.480 e. The van der Waals surface area contributed by atoms with Crippen molar-refractivity contribution in [1.82, 2.24) is 10.2 Å². The normalized spacial score (nSPS) is 18.9. The molecule has 0 saturated heterocycles. The summed E-state index contributed by atoms with van der Waals surface area (Å²) in [7, 11) is 1.55. The number of benzene rings is 1. The summed E-state index contributed by atoms with van der Waals surface area (Å²) in [6.45, 7) is 0. The van der Waals surface area contributed by atoms with Crippen LogP contribution in [0.1, 0.15) is 48.1 Å². The second-order valence-electron chi connectivity index (χ2n) is 5.54. The number of rotatable bonds is 4. The van der Waals surface area contributed by atoms with Crippen LogP contribution in [0.2, 0.25) is 0 Å². The molecule has 0 radical (unpaired) electrons. The van der Waals surface area contributed by atoms with Gasteiger partial charge >= 0.3 is 0 Å². The second-order valence-corrected chi connectivity index (χ2v) is 5.54. The van der Waals surface area contributed by atoms with E-state index in [0.717, 1.165) is 12.8 Å². The minimum absolute atomic E-state index is 0.397. The van der Waals surface area contributed by atoms with E-state index in [-0.39, 0.29) is 0 Å². The first kappa shape index (κ1) is 14.0. The van der Waals surface area contributed by atoms with E-state index in [0.29, 0.717) is 23.9 Å². The smallest absolute Gasteiger partial charge is 0.233 e. The number of hydrogen-bond acceptors (Lipinski definition) is 4. The Morgan fingerprint density at radius 3 is 2.86 bits per heavy atom. The van der Waals surface area contributed by atoms with Gasteiger partial charge in [-0.15, -0.1) is 10.2 Å². The van der Waals surface area contributed by atoms with Gasteiger partial charge in [0.15, 0.2) is 0 Å². The molecule has 4 nitrogen and oxygen atoms in total. The van der Waals surface area contributed by atoms with Crippen molar-refractivity contribution in [2.24, 2.45) is 0 Å². The molecule has 1 N–H and O–H groups in total. The molecule has 0 amide bonds. The average molecular weight is 284 g/mol. The summed E-state index contributed by atoms with van der Waals surface area (Å²) in [5, 5.41) is 18.4. The van der Waals surface area contributed by atoms with Crippen LogP contribution in [0.25, 0.3) is 0 Å². The van der Waals surface area contributed by atoms with Crippen molar-refractivity contribution in [1.29, 1.82) is 0 Å². The van der Waals surface area contributed by atoms with Crippen LogP contribution in [0.15, 0.2) is 36.4 Å². The molecule has 110 valence electrons. The molecule has 1 aliphatic rings. The average Bonchev–Trinajstić information content (AvgIpc) is 2.55. The molecule has 21 heavy (non-hydrogen) atoms. The first-order chi connectivity index (χ1) is 10.3. The van der Waals surface area contributed by atoms with E-state index in [2.05, 4.69) is 34.5 Å². The van der Waals surface area contributed by atoms with Crippen LogP contribution in [0.4, 0.5) is 0 Å². The van der Waals surface area contributed by atoms with Crippen LogP contribution >= 0.6 is 0 Å². The number of ether oxygens (including phenoxy) is 1. The Morgan fingerprint density at radius 2 is 2.10 bits per heavy atom. The fraction of sp³-hybridized carbons (Fsp3) is 0.412. The lowest BCUT2D eigenvalue weighted by atomic mass is 9.79. The van der Waals surface area contributed by atoms with E-state index in [1.54, 1.807) is 19.2 Å². The molecule has 4 heteroatoms. The highest BCUT2D eigenvalue weighted by molar-refractivity contribution is 5.32. The third-order valence-corrected chi connectivity index (χ3v) is 4.21. The Kier molecular flexibility index (Phi) is 4.15. The molecule has 0 saturated carbocycles. The lowest BCUT2D eigenvalue weighted by Gasteiger charge is -2.27. The lowest BCUT2D eigenvalue weighted by molar-refractivity contribution is 0.148. The molecule has 1 aromatic carbocycles. The molecule has 1 aromatic heterocycles. The molecule has 1 heterocycles. The minimum Gasteiger partial charge on any atom is -0.480 e. The molecule has 0 aliphatic heterocycles. The quantitative estimate of drug-likeness (QED) is 0.937. The van der Waals surface area contributed by atoms with E-state index >= 15 is 0 Å². The van der Waals surface area contributed by atoms with Crippen LogP contribution in [-0.2, 0) is 6.42 Å². The van der Waals surface area contributed by atoms with Crippen LogP contribution in [-0.4, -0.2) is 22.4 Å². The van der Waals surface area contributed by atoms with Crippen molar-refractivity contribution in [2.75, 3.05) is 7.11 Å². The van der Waals surface area contributed by atoms with E-state index in [9.17, 15) is 5.11 Å². The predicted molar refractivity (Wildman–Crippen MR) is 80.3 cm³/mol. The van der Waals surface area contributed by atoms with E-state index < -0.39 is 6.10 Å². The third-order valence-electron chi connectivity index (χ3n) is 4.21. The van der Waals surface area contributed by atoms with Crippen molar-refractivity contribution < 1.29 is 9.84 Å². The van der Waals surface area contributed by atoms with Crippen LogP contribution < -0.4 is 4.74 Å². The number of hydrogen-bond donors (Lipinski definition) is 1. The zero-order chi connectivity index (χ0) is 14.7. The van der Waals surface area contributed by atoms with Gasteiger partial charge in [0.2, 0.25) is 5.88 Å². The van der Waals surface area contributed by atoms with Crippen molar-refractivity contribution in [3.63, 3.8) is 0 Å². The zero-order valence-electron chi connectivity index (χ0n) is 12.2. The van der Waals surface area contributed by atoms with E-state index in [4.69, 9.17) is 4.74 Å². The SMILES string of the molecule is COc1ccc(C(O)CC2CCCc3ccccc32)nn1. The molecule has 2 aromatic rings. The second kappa shape index (κ2) is 6.22. The first-order valence-corrected chi connectivity index (χ1v) is 7.41. The van der Waals surface area contributed by atoms with Gasteiger partial charge in [0.1, 0.15) is 0 Å². The van der Waals surface area contributed by atoms with Gasteiger partial charge in [-0.1, -0.05) is 24.3 Å². The van der Waals surface area contributed by atoms with Gasteiger partial charge in [-0.2, -0.15) is 0 Å². The van der Waals surface area contributed by atoms with Gasteiger partial charge in [-0.3, -0.25) is 0 Å². The number of aromatic nitrogens is 2. The molecule has 0 bridgehead atoms. The topological polar surface area (TPSA) is 55.2 Å². The molecule has 1 aliphatic carbocycles. The highest BCUT2D eigenvalue weighted by atomic mass is 16.5.